The van der Waals surface area contributed by atoms with Gasteiger partial charge < -0.3 is 30.1 Å². The molecular weight excluding hydrogens is 712 g/mol. The highest BCUT2D eigenvalue weighted by molar-refractivity contribution is 7.23. The Morgan fingerprint density at radius 2 is 1.87 bits per heavy atom. The molecule has 1 spiro atoms. The van der Waals surface area contributed by atoms with Gasteiger partial charge in [-0.1, -0.05) is 24.1 Å². The van der Waals surface area contributed by atoms with Gasteiger partial charge in [0.25, 0.3) is 5.91 Å². The van der Waals surface area contributed by atoms with Crippen LogP contribution in [0.25, 0.3) is 32.1 Å². The number of nitrogen functional groups attached to an aromatic ring is 1. The number of aliphatic hydroxyl groups is 1. The molecule has 5 fully saturated rings. The van der Waals surface area contributed by atoms with Gasteiger partial charge >= 0.3 is 6.01 Å². The minimum atomic E-state index is -1.46. The van der Waals surface area contributed by atoms with Gasteiger partial charge in [-0.3, -0.25) is 9.69 Å². The Bertz CT molecular complexity index is 2170. The van der Waals surface area contributed by atoms with Crippen LogP contribution in [-0.4, -0.2) is 101 Å². The van der Waals surface area contributed by atoms with Crippen molar-refractivity contribution in [1.29, 1.82) is 5.26 Å². The number of ether oxygens (including phenoxy) is 2. The Morgan fingerprint density at radius 3 is 2.58 bits per heavy atom. The van der Waals surface area contributed by atoms with Crippen molar-refractivity contribution < 1.29 is 28.2 Å². The average molecular weight is 750 g/mol. The number of hydrogen-bond acceptors (Lipinski definition) is 11. The van der Waals surface area contributed by atoms with Crippen molar-refractivity contribution in [2.45, 2.75) is 56.1 Å². The summed E-state index contributed by atoms with van der Waals surface area (Å²) >= 11 is 7.89. The van der Waals surface area contributed by atoms with Gasteiger partial charge in [0.1, 0.15) is 34.8 Å². The van der Waals surface area contributed by atoms with Crippen molar-refractivity contribution in [3.05, 3.63) is 40.4 Å². The molecule has 0 saturated carbocycles. The third-order valence-electron chi connectivity index (χ3n) is 12.0. The number of nitrogens with zero attached hydrogens (tertiary/aromatic N) is 6. The van der Waals surface area contributed by atoms with Crippen molar-refractivity contribution in [2.24, 2.45) is 5.41 Å². The van der Waals surface area contributed by atoms with E-state index in [1.807, 2.05) is 0 Å². The summed E-state index contributed by atoms with van der Waals surface area (Å²) in [6, 6.07) is 6.40. The Kier molecular flexibility index (Phi) is 8.06. The highest BCUT2D eigenvalue weighted by Gasteiger charge is 2.54. The van der Waals surface area contributed by atoms with Crippen molar-refractivity contribution in [2.75, 3.05) is 69.7 Å². The van der Waals surface area contributed by atoms with Gasteiger partial charge in [0.2, 0.25) is 0 Å². The zero-order valence-corrected chi connectivity index (χ0v) is 30.1. The Labute approximate surface area is 307 Å². The maximum Gasteiger partial charge on any atom is 0.319 e. The first-order valence-corrected chi connectivity index (χ1v) is 19.1. The molecule has 0 aliphatic carbocycles. The minimum absolute atomic E-state index is 0.00157. The highest BCUT2D eigenvalue weighted by Crippen LogP contribution is 2.47. The van der Waals surface area contributed by atoms with Crippen LogP contribution in [0.2, 0.25) is 5.02 Å². The monoisotopic (exact) mass is 749 g/mol. The number of hydrogen-bond donors (Lipinski definition) is 2. The van der Waals surface area contributed by atoms with Crippen LogP contribution in [0.1, 0.15) is 50.5 Å². The van der Waals surface area contributed by atoms with E-state index in [2.05, 4.69) is 20.9 Å². The molecule has 5 aliphatic rings. The van der Waals surface area contributed by atoms with Gasteiger partial charge in [0.15, 0.2) is 11.4 Å². The quantitative estimate of drug-likeness (QED) is 0.260. The lowest BCUT2D eigenvalue weighted by Crippen LogP contribution is -2.69. The summed E-state index contributed by atoms with van der Waals surface area (Å²) in [4.78, 5) is 29.0. The zero-order valence-electron chi connectivity index (χ0n) is 28.5. The van der Waals surface area contributed by atoms with Gasteiger partial charge in [0, 0.05) is 47.9 Å². The summed E-state index contributed by atoms with van der Waals surface area (Å²) in [6.45, 7) is 4.59. The molecule has 2 aromatic carbocycles. The molecule has 15 heteroatoms. The number of benzene rings is 2. The van der Waals surface area contributed by atoms with E-state index in [1.54, 1.807) is 11.0 Å². The standard InChI is InChI=1S/C37H38ClF2N7O4S/c38-24-13-22-29(28(40)27(24)21-5-6-25(39)30-26(21)23(14-41)31(42)52-30)43-34(51-18-36-8-3-11-47(36)12-4-9-36)44-32(22)45-10-2-1-7-35(15-45)16-46(17-35)33(48)37(49)19-50-20-37/h5-6,13,49H,1-4,7-12,15-20,42H2. The molecule has 9 rings (SSSR count). The molecule has 0 radical (unpaired) electrons. The summed E-state index contributed by atoms with van der Waals surface area (Å²) in [6.07, 6.45) is 6.88. The van der Waals surface area contributed by atoms with E-state index >= 15 is 4.39 Å². The number of carbonyl (C=O) groups is 1. The average Bonchev–Trinajstić information content (AvgIpc) is 3.73. The third kappa shape index (κ3) is 5.22. The van der Waals surface area contributed by atoms with Crippen molar-refractivity contribution >= 4 is 60.7 Å². The minimum Gasteiger partial charge on any atom is -0.461 e. The summed E-state index contributed by atoms with van der Waals surface area (Å²) in [5.41, 5.74) is 4.61. The number of carbonyl (C=O) groups excluding carboxylic acids is 1. The first kappa shape index (κ1) is 33.9. The molecule has 2 aromatic heterocycles. The second kappa shape index (κ2) is 12.3. The lowest BCUT2D eigenvalue weighted by Gasteiger charge is -2.54. The van der Waals surface area contributed by atoms with Crippen LogP contribution in [0.5, 0.6) is 6.01 Å². The maximum atomic E-state index is 17.2. The van der Waals surface area contributed by atoms with Crippen LogP contribution < -0.4 is 15.4 Å². The summed E-state index contributed by atoms with van der Waals surface area (Å²) < 4.78 is 43.9. The molecule has 0 bridgehead atoms. The molecule has 7 heterocycles. The fourth-order valence-corrected chi connectivity index (χ4v) is 10.5. The maximum absolute atomic E-state index is 17.2. The normalized spacial score (nSPS) is 21.9. The fraction of sp³-hybridized carbons (Fsp3) is 0.514. The number of anilines is 2. The number of aromatic nitrogens is 2. The largest absolute Gasteiger partial charge is 0.461 e. The van der Waals surface area contributed by atoms with Crippen LogP contribution in [-0.2, 0) is 9.53 Å². The molecule has 272 valence electrons. The van der Waals surface area contributed by atoms with Crippen LogP contribution in [0.3, 0.4) is 0 Å². The van der Waals surface area contributed by atoms with Gasteiger partial charge in [0.05, 0.1) is 34.0 Å². The summed E-state index contributed by atoms with van der Waals surface area (Å²) in [5.74, 6) is -1.12. The number of likely N-dealkylation sites (tertiary alicyclic amines) is 1. The predicted molar refractivity (Wildman–Crippen MR) is 194 cm³/mol. The Hall–Kier alpha value is -3.87. The van der Waals surface area contributed by atoms with E-state index in [0.29, 0.717) is 44.0 Å². The van der Waals surface area contributed by atoms with Crippen molar-refractivity contribution in [3.63, 3.8) is 0 Å². The van der Waals surface area contributed by atoms with Crippen LogP contribution in [0, 0.1) is 28.4 Å². The molecule has 5 saturated heterocycles. The van der Waals surface area contributed by atoms with E-state index in [9.17, 15) is 19.6 Å². The lowest BCUT2D eigenvalue weighted by molar-refractivity contribution is -0.208. The summed E-state index contributed by atoms with van der Waals surface area (Å²) in [7, 11) is 0. The zero-order chi connectivity index (χ0) is 36.0. The second-order valence-corrected chi connectivity index (χ2v) is 16.8. The first-order chi connectivity index (χ1) is 25.0. The molecular formula is C37H38ClF2N7O4S. The number of fused-ring (bicyclic) bond motifs is 3. The molecule has 3 N–H and O–H groups in total. The van der Waals surface area contributed by atoms with E-state index in [1.165, 1.54) is 12.1 Å². The SMILES string of the molecule is N#Cc1c(N)sc2c(F)ccc(-c3c(Cl)cc4c(N5CCCCC6(CN(C(=O)C7(O)COC7)C6)C5)nc(OCC56CCCN5CCC6)nc4c3F)c12. The van der Waals surface area contributed by atoms with Gasteiger partial charge in [-0.2, -0.15) is 15.2 Å². The van der Waals surface area contributed by atoms with E-state index in [4.69, 9.17) is 31.8 Å². The molecule has 11 nitrogen and oxygen atoms in total. The van der Waals surface area contributed by atoms with E-state index < -0.39 is 17.2 Å². The fourth-order valence-electron chi connectivity index (χ4n) is 9.31. The van der Waals surface area contributed by atoms with Gasteiger partial charge in [-0.05, 0) is 69.3 Å². The number of halogens is 3. The van der Waals surface area contributed by atoms with Gasteiger partial charge in [-0.15, -0.1) is 11.3 Å². The van der Waals surface area contributed by atoms with Gasteiger partial charge in [-0.25, -0.2) is 8.78 Å². The number of rotatable bonds is 6. The molecule has 0 atom stereocenters. The Balaban J connectivity index is 1.14. The van der Waals surface area contributed by atoms with E-state index in [0.717, 1.165) is 69.4 Å². The second-order valence-electron chi connectivity index (χ2n) is 15.3. The third-order valence-corrected chi connectivity index (χ3v) is 13.3. The van der Waals surface area contributed by atoms with Crippen molar-refractivity contribution in [1.82, 2.24) is 19.8 Å². The van der Waals surface area contributed by atoms with Crippen LogP contribution in [0.15, 0.2) is 18.2 Å². The number of amides is 1. The highest BCUT2D eigenvalue weighted by atomic mass is 35.5. The van der Waals surface area contributed by atoms with Crippen molar-refractivity contribution in [3.8, 4) is 23.2 Å². The molecule has 52 heavy (non-hydrogen) atoms. The summed E-state index contributed by atoms with van der Waals surface area (Å²) in [5, 5.41) is 21.4. The molecule has 1 amide bonds. The molecule has 0 unspecified atom stereocenters. The predicted octanol–water partition coefficient (Wildman–Crippen LogP) is 5.48. The lowest BCUT2D eigenvalue weighted by atomic mass is 9.75. The van der Waals surface area contributed by atoms with E-state index in [-0.39, 0.29) is 78.4 Å². The topological polar surface area (TPSA) is 141 Å². The first-order valence-electron chi connectivity index (χ1n) is 17.9. The smallest absolute Gasteiger partial charge is 0.319 e. The van der Waals surface area contributed by atoms with Crippen LogP contribution in [0.4, 0.5) is 19.6 Å². The molecule has 4 aromatic rings. The number of thiophene rings is 1. The Morgan fingerprint density at radius 1 is 1.10 bits per heavy atom. The van der Waals surface area contributed by atoms with Crippen LogP contribution >= 0.6 is 22.9 Å². The number of nitrogens with two attached hydrogens (primary N) is 1. The number of nitriles is 1. The molecule has 5 aliphatic heterocycles.